The average Bonchev–Trinajstić information content (AvgIpc) is 2.68. The number of esters is 2. The van der Waals surface area contributed by atoms with Gasteiger partial charge in [-0.1, -0.05) is 0 Å². The molecule has 5 nitrogen and oxygen atoms in total. The second-order valence-electron chi connectivity index (χ2n) is 13.5. The zero-order valence-electron chi connectivity index (χ0n) is 20.3. The van der Waals surface area contributed by atoms with Gasteiger partial charge in [0.1, 0.15) is 5.60 Å². The molecule has 8 aliphatic rings. The molecule has 34 heavy (non-hydrogen) atoms. The van der Waals surface area contributed by atoms with Gasteiger partial charge in [0.05, 0.1) is 13.0 Å². The van der Waals surface area contributed by atoms with Crippen molar-refractivity contribution in [3.63, 3.8) is 0 Å². The predicted molar refractivity (Wildman–Crippen MR) is 119 cm³/mol. The first kappa shape index (κ1) is 23.2. The van der Waals surface area contributed by atoms with E-state index in [-0.39, 0.29) is 24.6 Å². The van der Waals surface area contributed by atoms with Gasteiger partial charge in [0.2, 0.25) is 0 Å². The first-order valence-corrected chi connectivity index (χ1v) is 13.4. The fourth-order valence-electron chi connectivity index (χ4n) is 10.2. The van der Waals surface area contributed by atoms with Crippen LogP contribution in [0.1, 0.15) is 90.4 Å². The molecule has 0 amide bonds. The summed E-state index contributed by atoms with van der Waals surface area (Å²) in [6, 6.07) is 0. The van der Waals surface area contributed by atoms with E-state index in [1.54, 1.807) is 0 Å². The fourth-order valence-corrected chi connectivity index (χ4v) is 10.2. The van der Waals surface area contributed by atoms with Crippen LogP contribution in [0, 0.1) is 40.4 Å². The number of carbonyl (C=O) groups is 2. The van der Waals surface area contributed by atoms with Crippen LogP contribution in [0.25, 0.3) is 0 Å². The Morgan fingerprint density at radius 3 is 1.91 bits per heavy atom. The number of ether oxygens (including phenoxy) is 3. The number of hydrogen-bond donors (Lipinski definition) is 0. The van der Waals surface area contributed by atoms with Crippen molar-refractivity contribution in [2.45, 2.75) is 102 Å². The van der Waals surface area contributed by atoms with E-state index in [0.717, 1.165) is 37.0 Å². The molecular weight excluding hydrogens is 442 g/mol. The van der Waals surface area contributed by atoms with Crippen molar-refractivity contribution >= 4 is 11.9 Å². The molecule has 0 N–H and O–H groups in total. The van der Waals surface area contributed by atoms with Crippen molar-refractivity contribution in [1.29, 1.82) is 0 Å². The monoisotopic (exact) mass is 480 g/mol. The Balaban J connectivity index is 1.02. The summed E-state index contributed by atoms with van der Waals surface area (Å²) in [5.41, 5.74) is -0.876. The molecular formula is C27H38F2O5. The Hall–Kier alpha value is -1.24. The van der Waals surface area contributed by atoms with Gasteiger partial charge in [0.15, 0.2) is 6.79 Å². The normalized spacial score (nSPS) is 46.0. The lowest BCUT2D eigenvalue weighted by atomic mass is 9.47. The van der Waals surface area contributed by atoms with E-state index in [1.165, 1.54) is 38.5 Å². The van der Waals surface area contributed by atoms with Gasteiger partial charge in [-0.15, -0.1) is 0 Å². The maximum absolute atomic E-state index is 13.6. The third kappa shape index (κ3) is 4.28. The summed E-state index contributed by atoms with van der Waals surface area (Å²) in [5, 5.41) is 0. The zero-order valence-corrected chi connectivity index (χ0v) is 20.3. The summed E-state index contributed by atoms with van der Waals surface area (Å²) in [6.07, 6.45) is 12.8. The molecule has 0 aromatic carbocycles. The fraction of sp³-hybridized carbons (Fsp3) is 0.926. The Labute approximate surface area is 200 Å². The minimum Gasteiger partial charge on any atom is -0.455 e. The van der Waals surface area contributed by atoms with Crippen LogP contribution in [0.2, 0.25) is 0 Å². The minimum atomic E-state index is -3.50. The SMILES string of the molecule is CC(F)(F)C(=O)OC12CC3CC(CC(CC(=O)OCOCC45CC6CC(CC(C6)C4)C5)(C3)C1)C2. The first-order valence-electron chi connectivity index (χ1n) is 13.4. The maximum atomic E-state index is 13.6. The van der Waals surface area contributed by atoms with E-state index in [0.29, 0.717) is 50.0 Å². The highest BCUT2D eigenvalue weighted by atomic mass is 19.3. The molecule has 0 radical (unpaired) electrons. The van der Waals surface area contributed by atoms with Gasteiger partial charge >= 0.3 is 17.9 Å². The van der Waals surface area contributed by atoms with Crippen molar-refractivity contribution in [1.82, 2.24) is 0 Å². The van der Waals surface area contributed by atoms with Crippen LogP contribution in [0.3, 0.4) is 0 Å². The first-order chi connectivity index (χ1) is 16.0. The third-order valence-electron chi connectivity index (χ3n) is 10.2. The van der Waals surface area contributed by atoms with E-state index in [1.807, 2.05) is 0 Å². The molecule has 8 aliphatic carbocycles. The summed E-state index contributed by atoms with van der Waals surface area (Å²) in [5.74, 6) is -1.99. The molecule has 8 bridgehead atoms. The van der Waals surface area contributed by atoms with E-state index in [2.05, 4.69) is 0 Å². The van der Waals surface area contributed by atoms with Gasteiger partial charge in [-0.3, -0.25) is 4.79 Å². The highest BCUT2D eigenvalue weighted by Gasteiger charge is 2.61. The summed E-state index contributed by atoms with van der Waals surface area (Å²) in [4.78, 5) is 24.8. The lowest BCUT2D eigenvalue weighted by Crippen LogP contribution is -2.58. The van der Waals surface area contributed by atoms with Crippen molar-refractivity contribution in [2.24, 2.45) is 40.4 Å². The van der Waals surface area contributed by atoms with Crippen LogP contribution in [-0.2, 0) is 23.8 Å². The highest BCUT2D eigenvalue weighted by molar-refractivity contribution is 5.77. The number of carbonyl (C=O) groups excluding carboxylic acids is 2. The van der Waals surface area contributed by atoms with Crippen molar-refractivity contribution in [3.8, 4) is 0 Å². The average molecular weight is 481 g/mol. The van der Waals surface area contributed by atoms with Crippen molar-refractivity contribution < 1.29 is 32.6 Å². The van der Waals surface area contributed by atoms with Crippen LogP contribution in [-0.4, -0.2) is 36.9 Å². The largest absolute Gasteiger partial charge is 0.455 e. The number of halogens is 2. The van der Waals surface area contributed by atoms with Crippen LogP contribution < -0.4 is 0 Å². The number of hydrogen-bond acceptors (Lipinski definition) is 5. The molecule has 0 aliphatic heterocycles. The molecule has 0 heterocycles. The zero-order chi connectivity index (χ0) is 23.8. The Kier molecular flexibility index (Phi) is 5.37. The van der Waals surface area contributed by atoms with Gasteiger partial charge in [0.25, 0.3) is 0 Å². The lowest BCUT2D eigenvalue weighted by molar-refractivity contribution is -0.221. The molecule has 7 heteroatoms. The van der Waals surface area contributed by atoms with Crippen LogP contribution >= 0.6 is 0 Å². The minimum absolute atomic E-state index is 0.00823. The number of alkyl halides is 2. The highest BCUT2D eigenvalue weighted by Crippen LogP contribution is 2.64. The standard InChI is InChI=1S/C27H38F2O5/c1-24(28,29)23(31)34-27-11-20-5-21(12-27)10-25(9-20,14-27)13-22(30)33-16-32-15-26-6-17-2-18(7-26)4-19(3-17)8-26/h17-21H,2-16H2,1H3. The van der Waals surface area contributed by atoms with Crippen molar-refractivity contribution in [3.05, 3.63) is 0 Å². The molecule has 190 valence electrons. The van der Waals surface area contributed by atoms with Crippen molar-refractivity contribution in [2.75, 3.05) is 13.4 Å². The van der Waals surface area contributed by atoms with Gasteiger partial charge in [-0.25, -0.2) is 4.79 Å². The second kappa shape index (κ2) is 7.88. The molecule has 0 saturated heterocycles. The predicted octanol–water partition coefficient (Wildman–Crippen LogP) is 5.65. The summed E-state index contributed by atoms with van der Waals surface area (Å²) in [6.45, 7) is 1.27. The second-order valence-corrected chi connectivity index (χ2v) is 13.5. The Morgan fingerprint density at radius 2 is 1.35 bits per heavy atom. The Bertz CT molecular complexity index is 799. The van der Waals surface area contributed by atoms with E-state index in [9.17, 15) is 18.4 Å². The number of rotatable bonds is 8. The molecule has 2 atom stereocenters. The van der Waals surface area contributed by atoms with E-state index >= 15 is 0 Å². The van der Waals surface area contributed by atoms with Gasteiger partial charge in [-0.05, 0) is 117 Å². The topological polar surface area (TPSA) is 61.8 Å². The lowest BCUT2D eigenvalue weighted by Gasteiger charge is -2.61. The molecule has 0 aromatic rings. The molecule has 8 rings (SSSR count). The van der Waals surface area contributed by atoms with E-state index < -0.39 is 17.5 Å². The van der Waals surface area contributed by atoms with Crippen LogP contribution in [0.4, 0.5) is 8.78 Å². The summed E-state index contributed by atoms with van der Waals surface area (Å²) in [7, 11) is 0. The van der Waals surface area contributed by atoms with Crippen LogP contribution in [0.15, 0.2) is 0 Å². The quantitative estimate of drug-likeness (QED) is 0.255. The molecule has 0 spiro atoms. The Morgan fingerprint density at radius 1 is 0.824 bits per heavy atom. The summed E-state index contributed by atoms with van der Waals surface area (Å²) < 4.78 is 44.0. The molecule has 8 saturated carbocycles. The maximum Gasteiger partial charge on any atom is 0.377 e. The van der Waals surface area contributed by atoms with Crippen LogP contribution in [0.5, 0.6) is 0 Å². The molecule has 8 fully saturated rings. The molecule has 0 aromatic heterocycles. The third-order valence-corrected chi connectivity index (χ3v) is 10.2. The smallest absolute Gasteiger partial charge is 0.377 e. The summed E-state index contributed by atoms with van der Waals surface area (Å²) >= 11 is 0. The van der Waals surface area contributed by atoms with Gasteiger partial charge in [-0.2, -0.15) is 8.78 Å². The van der Waals surface area contributed by atoms with Gasteiger partial charge in [0, 0.05) is 6.92 Å². The molecule has 2 unspecified atom stereocenters. The van der Waals surface area contributed by atoms with E-state index in [4.69, 9.17) is 14.2 Å². The van der Waals surface area contributed by atoms with Gasteiger partial charge < -0.3 is 14.2 Å².